The SMILES string of the molecule is COC(=O)CC(=O)[N]c1ccccc1. The lowest BCUT2D eigenvalue weighted by Crippen LogP contribution is -2.16. The minimum atomic E-state index is -0.574. The summed E-state index contributed by atoms with van der Waals surface area (Å²) in [5.41, 5.74) is 0.543. The normalized spacial score (nSPS) is 9.21. The van der Waals surface area contributed by atoms with Crippen molar-refractivity contribution in [3.63, 3.8) is 0 Å². The summed E-state index contributed by atoms with van der Waals surface area (Å²) < 4.78 is 4.34. The Labute approximate surface area is 81.9 Å². The quantitative estimate of drug-likeness (QED) is 0.530. The van der Waals surface area contributed by atoms with Crippen molar-refractivity contribution >= 4 is 17.6 Å². The van der Waals surface area contributed by atoms with Gasteiger partial charge in [-0.05, 0) is 12.1 Å². The molecule has 1 rings (SSSR count). The van der Waals surface area contributed by atoms with Crippen LogP contribution in [0.3, 0.4) is 0 Å². The summed E-state index contributed by atoms with van der Waals surface area (Å²) in [7, 11) is 1.23. The zero-order valence-corrected chi connectivity index (χ0v) is 7.77. The molecular formula is C10H10NO3. The van der Waals surface area contributed by atoms with Gasteiger partial charge in [0.05, 0.1) is 12.8 Å². The van der Waals surface area contributed by atoms with Crippen LogP contribution in [0.1, 0.15) is 6.42 Å². The highest BCUT2D eigenvalue weighted by Crippen LogP contribution is 2.05. The molecule has 0 bridgehead atoms. The highest BCUT2D eigenvalue weighted by Gasteiger charge is 2.10. The maximum absolute atomic E-state index is 11.1. The molecule has 0 aliphatic heterocycles. The molecule has 4 heteroatoms. The van der Waals surface area contributed by atoms with Gasteiger partial charge in [0.1, 0.15) is 6.42 Å². The average molecular weight is 192 g/mol. The molecule has 1 aromatic carbocycles. The molecule has 0 heterocycles. The second-order valence-corrected chi connectivity index (χ2v) is 2.59. The third-order valence-electron chi connectivity index (χ3n) is 1.53. The zero-order chi connectivity index (χ0) is 10.4. The van der Waals surface area contributed by atoms with Crippen LogP contribution in [0.4, 0.5) is 5.69 Å². The minimum Gasteiger partial charge on any atom is -0.469 e. The lowest BCUT2D eigenvalue weighted by atomic mass is 10.3. The fraction of sp³-hybridized carbons (Fsp3) is 0.200. The van der Waals surface area contributed by atoms with E-state index in [1.165, 1.54) is 7.11 Å². The van der Waals surface area contributed by atoms with Crippen molar-refractivity contribution in [2.45, 2.75) is 6.42 Å². The predicted molar refractivity (Wildman–Crippen MR) is 49.9 cm³/mol. The molecule has 73 valence electrons. The second-order valence-electron chi connectivity index (χ2n) is 2.59. The Kier molecular flexibility index (Phi) is 3.67. The fourth-order valence-electron chi connectivity index (χ4n) is 0.882. The molecule has 14 heavy (non-hydrogen) atoms. The first-order valence-electron chi connectivity index (χ1n) is 4.09. The molecule has 0 atom stereocenters. The number of esters is 1. The van der Waals surface area contributed by atoms with Crippen molar-refractivity contribution in [1.29, 1.82) is 0 Å². The van der Waals surface area contributed by atoms with Crippen LogP contribution in [0.15, 0.2) is 30.3 Å². The molecule has 0 unspecified atom stereocenters. The number of nitrogens with zero attached hydrogens (tertiary/aromatic N) is 1. The molecule has 0 N–H and O–H groups in total. The van der Waals surface area contributed by atoms with Gasteiger partial charge in [0.25, 0.3) is 5.91 Å². The van der Waals surface area contributed by atoms with E-state index in [0.29, 0.717) is 5.69 Å². The molecular weight excluding hydrogens is 182 g/mol. The Morgan fingerprint density at radius 3 is 2.50 bits per heavy atom. The predicted octanol–water partition coefficient (Wildman–Crippen LogP) is 1.01. The number of hydrogen-bond acceptors (Lipinski definition) is 3. The summed E-state index contributed by atoms with van der Waals surface area (Å²) in [5.74, 6) is -1.07. The van der Waals surface area contributed by atoms with E-state index in [2.05, 4.69) is 10.1 Å². The van der Waals surface area contributed by atoms with Crippen molar-refractivity contribution in [2.75, 3.05) is 7.11 Å². The summed E-state index contributed by atoms with van der Waals surface area (Å²) in [6, 6.07) is 8.74. The molecule has 0 aromatic heterocycles. The van der Waals surface area contributed by atoms with E-state index in [1.54, 1.807) is 24.3 Å². The first-order chi connectivity index (χ1) is 6.72. The first kappa shape index (κ1) is 10.2. The number of rotatable bonds is 3. The topological polar surface area (TPSA) is 57.5 Å². The van der Waals surface area contributed by atoms with Gasteiger partial charge >= 0.3 is 5.97 Å². The van der Waals surface area contributed by atoms with E-state index in [0.717, 1.165) is 0 Å². The van der Waals surface area contributed by atoms with Crippen molar-refractivity contribution < 1.29 is 14.3 Å². The monoisotopic (exact) mass is 192 g/mol. The largest absolute Gasteiger partial charge is 0.469 e. The van der Waals surface area contributed by atoms with Gasteiger partial charge in [-0.15, -0.1) is 0 Å². The lowest BCUT2D eigenvalue weighted by Gasteiger charge is -1.99. The first-order valence-corrected chi connectivity index (χ1v) is 4.09. The number of carbonyl (C=O) groups excluding carboxylic acids is 2. The van der Waals surface area contributed by atoms with Crippen molar-refractivity contribution in [3.8, 4) is 0 Å². The third-order valence-corrected chi connectivity index (χ3v) is 1.53. The number of benzene rings is 1. The van der Waals surface area contributed by atoms with Crippen LogP contribution in [0.5, 0.6) is 0 Å². The Morgan fingerprint density at radius 1 is 1.29 bits per heavy atom. The van der Waals surface area contributed by atoms with Crippen molar-refractivity contribution in [3.05, 3.63) is 30.3 Å². The fourth-order valence-corrected chi connectivity index (χ4v) is 0.882. The van der Waals surface area contributed by atoms with Gasteiger partial charge < -0.3 is 4.74 Å². The lowest BCUT2D eigenvalue weighted by molar-refractivity contribution is -0.143. The van der Waals surface area contributed by atoms with Gasteiger partial charge in [-0.25, -0.2) is 5.32 Å². The number of carbonyl (C=O) groups is 2. The standard InChI is InChI=1S/C10H10NO3/c1-14-10(13)7-9(12)11-8-5-3-2-4-6-8/h2-6H,7H2,1H3. The molecule has 0 spiro atoms. The van der Waals surface area contributed by atoms with Gasteiger partial charge in [-0.2, -0.15) is 0 Å². The highest BCUT2D eigenvalue weighted by molar-refractivity contribution is 5.95. The van der Waals surface area contributed by atoms with Gasteiger partial charge in [0, 0.05) is 0 Å². The van der Waals surface area contributed by atoms with Gasteiger partial charge in [-0.3, -0.25) is 9.59 Å². The van der Waals surface area contributed by atoms with E-state index >= 15 is 0 Å². The minimum absolute atomic E-state index is 0.314. The molecule has 0 fully saturated rings. The van der Waals surface area contributed by atoms with Crippen LogP contribution in [-0.4, -0.2) is 19.0 Å². The van der Waals surface area contributed by atoms with Gasteiger partial charge in [0.2, 0.25) is 0 Å². The van der Waals surface area contributed by atoms with Crippen LogP contribution in [0.25, 0.3) is 0 Å². The van der Waals surface area contributed by atoms with E-state index in [-0.39, 0.29) is 6.42 Å². The molecule has 1 amide bonds. The Bertz CT molecular complexity index is 321. The van der Waals surface area contributed by atoms with Crippen LogP contribution in [0, 0.1) is 0 Å². The maximum atomic E-state index is 11.1. The number of amides is 1. The highest BCUT2D eigenvalue weighted by atomic mass is 16.5. The molecule has 4 nitrogen and oxygen atoms in total. The number of hydrogen-bond donors (Lipinski definition) is 0. The Hall–Kier alpha value is -1.84. The maximum Gasteiger partial charge on any atom is 0.315 e. The molecule has 0 aliphatic carbocycles. The van der Waals surface area contributed by atoms with E-state index in [4.69, 9.17) is 0 Å². The van der Waals surface area contributed by atoms with Crippen LogP contribution in [0.2, 0.25) is 0 Å². The van der Waals surface area contributed by atoms with E-state index in [9.17, 15) is 9.59 Å². The molecule has 0 aliphatic rings. The number of ether oxygens (including phenoxy) is 1. The number of para-hydroxylation sites is 1. The zero-order valence-electron chi connectivity index (χ0n) is 7.77. The Morgan fingerprint density at radius 2 is 1.93 bits per heavy atom. The molecule has 0 saturated carbocycles. The van der Waals surface area contributed by atoms with Crippen LogP contribution < -0.4 is 5.32 Å². The smallest absolute Gasteiger partial charge is 0.315 e. The van der Waals surface area contributed by atoms with Gasteiger partial charge in [0.15, 0.2) is 0 Å². The summed E-state index contributed by atoms with van der Waals surface area (Å²) in [5, 5.41) is 3.71. The number of methoxy groups -OCH3 is 1. The van der Waals surface area contributed by atoms with Crippen LogP contribution >= 0.6 is 0 Å². The van der Waals surface area contributed by atoms with Crippen molar-refractivity contribution in [1.82, 2.24) is 5.32 Å². The Balaban J connectivity index is 2.46. The molecule has 1 aromatic rings. The van der Waals surface area contributed by atoms with E-state index in [1.807, 2.05) is 6.07 Å². The van der Waals surface area contributed by atoms with Crippen LogP contribution in [-0.2, 0) is 14.3 Å². The molecule has 1 radical (unpaired) electrons. The van der Waals surface area contributed by atoms with Gasteiger partial charge in [-0.1, -0.05) is 18.2 Å². The summed E-state index contributed by atoms with van der Waals surface area (Å²) in [4.78, 5) is 21.8. The summed E-state index contributed by atoms with van der Waals surface area (Å²) in [6.45, 7) is 0. The third kappa shape index (κ3) is 3.26. The second kappa shape index (κ2) is 5.01. The summed E-state index contributed by atoms with van der Waals surface area (Å²) >= 11 is 0. The summed E-state index contributed by atoms with van der Waals surface area (Å²) in [6.07, 6.45) is -0.314. The van der Waals surface area contributed by atoms with Crippen molar-refractivity contribution in [2.24, 2.45) is 0 Å². The molecule has 0 saturated heterocycles. The average Bonchev–Trinajstić information content (AvgIpc) is 2.19. The van der Waals surface area contributed by atoms with E-state index < -0.39 is 11.9 Å².